The van der Waals surface area contributed by atoms with Crippen molar-refractivity contribution in [2.45, 2.75) is 302 Å². The average Bonchev–Trinajstić information content (AvgIpc) is 2.60. The summed E-state index contributed by atoms with van der Waals surface area (Å²) in [7, 11) is 0. The molecule has 3 N–H and O–H groups in total. The van der Waals surface area contributed by atoms with Gasteiger partial charge in [0.2, 0.25) is 0 Å². The third kappa shape index (κ3) is 50.4. The molecule has 12 nitrogen and oxygen atoms in total. The van der Waals surface area contributed by atoms with Gasteiger partial charge in [0.15, 0.2) is 24.6 Å². The SMILES string of the molecule is CC/C=C\C/C=C\C/C=C\C/C=C\C/C=C\C/C=C\CCC(=O)OC1C(OCC(COC(=O)CCCCCCCC/C=C\C/C=C\C/C=C\CCCCC)OC(=O)CCCCCCCCCCC/C=C\C/C=C\CCCCC)OC(C(=O)O)C(O)C1O. The van der Waals surface area contributed by atoms with Crippen LogP contribution in [0.5, 0.6) is 0 Å². The molecule has 1 fully saturated rings. The fraction of sp³-hybridized carbons (Fsp3) is 0.653. The molecule has 1 aliphatic rings. The molecule has 0 saturated carbocycles. The van der Waals surface area contributed by atoms with Gasteiger partial charge in [-0.15, -0.1) is 0 Å². The Bertz CT molecular complexity index is 2020. The quantitative estimate of drug-likeness (QED) is 0.0228. The highest BCUT2D eigenvalue weighted by Crippen LogP contribution is 2.26. The second-order valence-corrected chi connectivity index (χ2v) is 22.7. The first kappa shape index (κ1) is 79.9. The number of carboxylic acids is 1. The molecule has 0 aromatic heterocycles. The zero-order chi connectivity index (χ0) is 63.1. The molecule has 492 valence electrons. The van der Waals surface area contributed by atoms with Crippen LogP contribution in [0.4, 0.5) is 0 Å². The summed E-state index contributed by atoms with van der Waals surface area (Å²) in [5, 5.41) is 31.6. The molecule has 0 aromatic carbocycles. The molecule has 6 atom stereocenters. The van der Waals surface area contributed by atoms with E-state index >= 15 is 0 Å². The number of aliphatic carboxylic acids is 1. The second kappa shape index (κ2) is 61.1. The van der Waals surface area contributed by atoms with E-state index in [1.165, 1.54) is 77.0 Å². The van der Waals surface area contributed by atoms with Crippen molar-refractivity contribution in [2.24, 2.45) is 0 Å². The van der Waals surface area contributed by atoms with Crippen molar-refractivity contribution in [3.05, 3.63) is 134 Å². The summed E-state index contributed by atoms with van der Waals surface area (Å²) in [6.07, 6.45) is 74.1. The van der Waals surface area contributed by atoms with Crippen LogP contribution >= 0.6 is 0 Å². The van der Waals surface area contributed by atoms with Gasteiger partial charge in [-0.05, 0) is 128 Å². The number of hydrogen-bond donors (Lipinski definition) is 3. The van der Waals surface area contributed by atoms with Gasteiger partial charge in [0.25, 0.3) is 0 Å². The molecule has 1 heterocycles. The number of ether oxygens (including phenoxy) is 5. The van der Waals surface area contributed by atoms with Crippen molar-refractivity contribution in [3.63, 3.8) is 0 Å². The van der Waals surface area contributed by atoms with Crippen LogP contribution in [-0.4, -0.2) is 89.2 Å². The number of aliphatic hydroxyl groups is 2. The van der Waals surface area contributed by atoms with Crippen molar-refractivity contribution in [1.82, 2.24) is 0 Å². The van der Waals surface area contributed by atoms with Gasteiger partial charge < -0.3 is 39.0 Å². The molecule has 1 aliphatic heterocycles. The summed E-state index contributed by atoms with van der Waals surface area (Å²) in [6.45, 7) is 5.81. The minimum absolute atomic E-state index is 0.0729. The van der Waals surface area contributed by atoms with E-state index < -0.39 is 67.3 Å². The van der Waals surface area contributed by atoms with Crippen LogP contribution < -0.4 is 0 Å². The van der Waals surface area contributed by atoms with Crippen LogP contribution in [0, 0.1) is 0 Å². The maximum atomic E-state index is 13.2. The normalized spacial score (nSPS) is 18.2. The minimum atomic E-state index is -1.94. The number of carbonyl (C=O) groups excluding carboxylic acids is 3. The van der Waals surface area contributed by atoms with Gasteiger partial charge in [-0.2, -0.15) is 0 Å². The van der Waals surface area contributed by atoms with Gasteiger partial charge in [0, 0.05) is 19.3 Å². The Morgan fingerprint density at radius 1 is 0.391 bits per heavy atom. The number of rotatable bonds is 57. The third-order valence-electron chi connectivity index (χ3n) is 14.7. The number of carbonyl (C=O) groups is 4. The molecule has 0 bridgehead atoms. The van der Waals surface area contributed by atoms with E-state index in [0.29, 0.717) is 25.7 Å². The fourth-order valence-corrected chi connectivity index (χ4v) is 9.49. The maximum absolute atomic E-state index is 13.2. The molecular formula is C75H120O12. The second-order valence-electron chi connectivity index (χ2n) is 22.7. The summed E-state index contributed by atoms with van der Waals surface area (Å²) < 4.78 is 28.5. The van der Waals surface area contributed by atoms with Crippen LogP contribution in [0.25, 0.3) is 0 Å². The largest absolute Gasteiger partial charge is 0.479 e. The Morgan fingerprint density at radius 3 is 1.15 bits per heavy atom. The van der Waals surface area contributed by atoms with Crippen LogP contribution in [0.15, 0.2) is 134 Å². The number of esters is 3. The highest BCUT2D eigenvalue weighted by molar-refractivity contribution is 5.74. The maximum Gasteiger partial charge on any atom is 0.335 e. The molecule has 6 unspecified atom stereocenters. The predicted octanol–water partition coefficient (Wildman–Crippen LogP) is 18.9. The number of aliphatic hydroxyl groups excluding tert-OH is 2. The van der Waals surface area contributed by atoms with E-state index in [2.05, 4.69) is 136 Å². The van der Waals surface area contributed by atoms with Crippen LogP contribution in [0.1, 0.15) is 265 Å². The van der Waals surface area contributed by atoms with E-state index in [4.69, 9.17) is 23.7 Å². The number of allylic oxidation sites excluding steroid dienone is 22. The predicted molar refractivity (Wildman–Crippen MR) is 358 cm³/mol. The van der Waals surface area contributed by atoms with Crippen molar-refractivity contribution in [3.8, 4) is 0 Å². The molecule has 1 rings (SSSR count). The summed E-state index contributed by atoms with van der Waals surface area (Å²) in [5.74, 6) is -3.26. The van der Waals surface area contributed by atoms with Crippen molar-refractivity contribution in [2.75, 3.05) is 13.2 Å². The summed E-state index contributed by atoms with van der Waals surface area (Å²) in [4.78, 5) is 51.4. The lowest BCUT2D eigenvalue weighted by molar-refractivity contribution is -0.301. The molecule has 0 aromatic rings. The number of hydrogen-bond acceptors (Lipinski definition) is 11. The molecule has 0 aliphatic carbocycles. The average molecular weight is 1210 g/mol. The van der Waals surface area contributed by atoms with Crippen LogP contribution in [0.3, 0.4) is 0 Å². The first-order valence-corrected chi connectivity index (χ1v) is 34.2. The molecule has 12 heteroatoms. The van der Waals surface area contributed by atoms with Crippen LogP contribution in [-0.2, 0) is 42.9 Å². The Hall–Kier alpha value is -5.14. The zero-order valence-corrected chi connectivity index (χ0v) is 54.5. The Kier molecular flexibility index (Phi) is 56.1. The first-order chi connectivity index (χ1) is 42.6. The molecule has 0 spiro atoms. The number of carboxylic acid groups (broad SMARTS) is 1. The zero-order valence-electron chi connectivity index (χ0n) is 54.5. The topological polar surface area (TPSA) is 175 Å². The monoisotopic (exact) mass is 1210 g/mol. The lowest BCUT2D eigenvalue weighted by Crippen LogP contribution is -2.61. The summed E-state index contributed by atoms with van der Waals surface area (Å²) in [6, 6.07) is 0. The third-order valence-corrected chi connectivity index (χ3v) is 14.7. The molecule has 87 heavy (non-hydrogen) atoms. The first-order valence-electron chi connectivity index (χ1n) is 34.2. The summed E-state index contributed by atoms with van der Waals surface area (Å²) in [5.41, 5.74) is 0. The van der Waals surface area contributed by atoms with E-state index in [9.17, 15) is 34.5 Å². The van der Waals surface area contributed by atoms with Crippen LogP contribution in [0.2, 0.25) is 0 Å². The van der Waals surface area contributed by atoms with Gasteiger partial charge in [0.1, 0.15) is 18.8 Å². The molecule has 1 saturated heterocycles. The summed E-state index contributed by atoms with van der Waals surface area (Å²) >= 11 is 0. The van der Waals surface area contributed by atoms with Gasteiger partial charge in [-0.3, -0.25) is 14.4 Å². The lowest BCUT2D eigenvalue weighted by Gasteiger charge is -2.40. The van der Waals surface area contributed by atoms with Crippen molar-refractivity contribution >= 4 is 23.9 Å². The standard InChI is InChI=1S/C75H120O12/c1-4-7-10-13-16-19-22-25-28-31-34-37-40-43-46-49-52-55-58-61-67(76)83-64-66(85-68(77)62-59-56-53-50-47-44-41-38-35-32-29-26-23-20-17-14-11-8-5-2)65-84-75-73(71(80)70(79)72(87-75)74(81)82)86-69(78)63-60-57-54-51-48-45-42-39-36-33-30-27-24-21-18-15-12-9-6-3/h9,12,16-21,25-30,34,36-37,39,45,48,54,57,66,70-73,75,79-80H,4-8,10-11,13-15,22-24,31-33,35,38,40-44,46-47,49-53,55-56,58-65H2,1-3H3,(H,81,82)/b12-9-,19-16-,20-17-,21-18-,28-25-,29-26-,30-27-,37-34-,39-36-,48-45-,57-54-. The fourth-order valence-electron chi connectivity index (χ4n) is 9.49. The van der Waals surface area contributed by atoms with Gasteiger partial charge in [-0.1, -0.05) is 251 Å². The van der Waals surface area contributed by atoms with Crippen molar-refractivity contribution in [1.29, 1.82) is 0 Å². The molecule has 0 amide bonds. The molecule has 0 radical (unpaired) electrons. The lowest BCUT2D eigenvalue weighted by atomic mass is 9.98. The molecular weight excluding hydrogens is 1090 g/mol. The Balaban J connectivity index is 2.71. The van der Waals surface area contributed by atoms with E-state index in [1.54, 1.807) is 0 Å². The van der Waals surface area contributed by atoms with Gasteiger partial charge in [0.05, 0.1) is 6.61 Å². The Labute approximate surface area is 528 Å². The van der Waals surface area contributed by atoms with E-state index in [1.807, 2.05) is 18.2 Å². The van der Waals surface area contributed by atoms with Gasteiger partial charge >= 0.3 is 23.9 Å². The van der Waals surface area contributed by atoms with Gasteiger partial charge in [-0.25, -0.2) is 4.79 Å². The van der Waals surface area contributed by atoms with E-state index in [0.717, 1.165) is 122 Å². The minimum Gasteiger partial charge on any atom is -0.479 e. The highest BCUT2D eigenvalue weighted by atomic mass is 16.7. The smallest absolute Gasteiger partial charge is 0.335 e. The Morgan fingerprint density at radius 2 is 0.747 bits per heavy atom. The highest BCUT2D eigenvalue weighted by Gasteiger charge is 2.50. The van der Waals surface area contributed by atoms with Crippen molar-refractivity contribution < 1.29 is 58.2 Å². The van der Waals surface area contributed by atoms with E-state index in [-0.39, 0.29) is 25.9 Å². The number of unbranched alkanes of at least 4 members (excludes halogenated alkanes) is 21.